The van der Waals surface area contributed by atoms with Crippen LogP contribution in [0.15, 0.2) is 24.3 Å². The molecule has 0 saturated carbocycles. The summed E-state index contributed by atoms with van der Waals surface area (Å²) in [5, 5.41) is 8.99. The molecule has 6 nitrogen and oxygen atoms in total. The van der Waals surface area contributed by atoms with Crippen molar-refractivity contribution < 1.29 is 23.8 Å². The third-order valence-corrected chi connectivity index (χ3v) is 4.44. The van der Waals surface area contributed by atoms with Crippen molar-refractivity contribution in [1.82, 2.24) is 9.80 Å². The molecule has 1 heterocycles. The maximum Gasteiger partial charge on any atom is 0.306 e. The second-order valence-corrected chi connectivity index (χ2v) is 6.36. The molecule has 1 N–H and O–H groups in total. The molecule has 1 amide bonds. The number of carboxylic acids is 1. The van der Waals surface area contributed by atoms with E-state index < -0.39 is 5.97 Å². The number of ether oxygens (including phenoxy) is 1. The molecule has 0 spiro atoms. The molecule has 1 aromatic carbocycles. The first-order valence-electron chi connectivity index (χ1n) is 8.53. The van der Waals surface area contributed by atoms with Crippen LogP contribution in [0.25, 0.3) is 0 Å². The fraction of sp³-hybridized carbons (Fsp3) is 0.556. The molecule has 26 heavy (non-hydrogen) atoms. The number of aliphatic carboxylic acids is 1. The van der Waals surface area contributed by atoms with Crippen molar-refractivity contribution in [2.45, 2.75) is 19.3 Å². The first-order chi connectivity index (χ1) is 12.0. The summed E-state index contributed by atoms with van der Waals surface area (Å²) in [6.07, 6.45) is 1.87. The minimum Gasteiger partial charge on any atom is -0.494 e. The molecule has 0 atom stereocenters. The highest BCUT2D eigenvalue weighted by atomic mass is 35.5. The Morgan fingerprint density at radius 1 is 1.27 bits per heavy atom. The lowest BCUT2D eigenvalue weighted by molar-refractivity contribution is -0.143. The van der Waals surface area contributed by atoms with E-state index >= 15 is 0 Å². The SMILES string of the molecule is CN(CCCOc1ccc(F)cc1)C(=O)CN1CCC(C(=O)O)CC1.Cl. The number of likely N-dealkylation sites (N-methyl/N-ethyl adjacent to an activating group) is 1. The minimum absolute atomic E-state index is 0. The van der Waals surface area contributed by atoms with Gasteiger partial charge in [0.05, 0.1) is 19.1 Å². The number of carboxylic acid groups (broad SMARTS) is 1. The summed E-state index contributed by atoms with van der Waals surface area (Å²) in [4.78, 5) is 26.8. The standard InChI is InChI=1S/C18H25FN2O4.ClH/c1-20(9-2-12-25-16-5-3-15(19)4-6-16)17(22)13-21-10-7-14(8-11-21)18(23)24;/h3-6,14H,2,7-13H2,1H3,(H,23,24);1H. The van der Waals surface area contributed by atoms with Gasteiger partial charge in [-0.2, -0.15) is 0 Å². The van der Waals surface area contributed by atoms with E-state index in [9.17, 15) is 14.0 Å². The fourth-order valence-corrected chi connectivity index (χ4v) is 2.80. The molecule has 0 unspecified atom stereocenters. The number of likely N-dealkylation sites (tertiary alicyclic amines) is 1. The smallest absolute Gasteiger partial charge is 0.306 e. The summed E-state index contributed by atoms with van der Waals surface area (Å²) in [7, 11) is 1.75. The van der Waals surface area contributed by atoms with Gasteiger partial charge in [0.15, 0.2) is 0 Å². The van der Waals surface area contributed by atoms with Crippen LogP contribution in [0.5, 0.6) is 5.75 Å². The summed E-state index contributed by atoms with van der Waals surface area (Å²) in [6.45, 7) is 2.63. The van der Waals surface area contributed by atoms with E-state index in [0.29, 0.717) is 57.8 Å². The fourth-order valence-electron chi connectivity index (χ4n) is 2.80. The number of amides is 1. The number of carbonyl (C=O) groups is 2. The highest BCUT2D eigenvalue weighted by Crippen LogP contribution is 2.17. The van der Waals surface area contributed by atoms with Crippen molar-refractivity contribution in [3.63, 3.8) is 0 Å². The monoisotopic (exact) mass is 388 g/mol. The van der Waals surface area contributed by atoms with Crippen LogP contribution in [-0.4, -0.2) is 66.6 Å². The molecule has 146 valence electrons. The van der Waals surface area contributed by atoms with Crippen molar-refractivity contribution >= 4 is 24.3 Å². The topological polar surface area (TPSA) is 70.1 Å². The maximum absolute atomic E-state index is 12.8. The lowest BCUT2D eigenvalue weighted by atomic mass is 9.97. The average molecular weight is 389 g/mol. The van der Waals surface area contributed by atoms with E-state index in [4.69, 9.17) is 9.84 Å². The Labute approximate surface area is 159 Å². The van der Waals surface area contributed by atoms with E-state index in [-0.39, 0.29) is 30.0 Å². The second kappa shape index (κ2) is 11.0. The summed E-state index contributed by atoms with van der Waals surface area (Å²) in [5.74, 6) is -0.700. The van der Waals surface area contributed by atoms with Crippen LogP contribution in [0, 0.1) is 11.7 Å². The third-order valence-electron chi connectivity index (χ3n) is 4.44. The minimum atomic E-state index is -0.746. The zero-order valence-corrected chi connectivity index (χ0v) is 15.7. The molecule has 0 bridgehead atoms. The number of carbonyl (C=O) groups excluding carboxylic acids is 1. The van der Waals surface area contributed by atoms with Gasteiger partial charge in [0, 0.05) is 13.6 Å². The molecule has 1 aromatic rings. The first-order valence-corrected chi connectivity index (χ1v) is 8.53. The number of hydrogen-bond acceptors (Lipinski definition) is 4. The lowest BCUT2D eigenvalue weighted by Gasteiger charge is -2.30. The number of rotatable bonds is 8. The van der Waals surface area contributed by atoms with Crippen molar-refractivity contribution in [2.24, 2.45) is 5.92 Å². The number of halogens is 2. The quantitative estimate of drug-likeness (QED) is 0.692. The highest BCUT2D eigenvalue weighted by Gasteiger charge is 2.25. The maximum atomic E-state index is 12.8. The van der Waals surface area contributed by atoms with Crippen molar-refractivity contribution in [1.29, 1.82) is 0 Å². The number of piperidine rings is 1. The van der Waals surface area contributed by atoms with Crippen LogP contribution in [0.1, 0.15) is 19.3 Å². The summed E-state index contributed by atoms with van der Waals surface area (Å²) >= 11 is 0. The summed E-state index contributed by atoms with van der Waals surface area (Å²) in [6, 6.07) is 5.84. The number of benzene rings is 1. The van der Waals surface area contributed by atoms with Crippen LogP contribution in [0.3, 0.4) is 0 Å². The van der Waals surface area contributed by atoms with E-state index in [0.717, 1.165) is 0 Å². The van der Waals surface area contributed by atoms with Crippen LogP contribution in [0.2, 0.25) is 0 Å². The molecule has 0 radical (unpaired) electrons. The molecular weight excluding hydrogens is 363 g/mol. The molecule has 0 aromatic heterocycles. The Morgan fingerprint density at radius 3 is 2.46 bits per heavy atom. The number of hydrogen-bond donors (Lipinski definition) is 1. The largest absolute Gasteiger partial charge is 0.494 e. The lowest BCUT2D eigenvalue weighted by Crippen LogP contribution is -2.43. The Kier molecular flexibility index (Phi) is 9.37. The Bertz CT molecular complexity index is 577. The first kappa shape index (κ1) is 22.2. The molecule has 0 aliphatic carbocycles. The Balaban J connectivity index is 0.00000338. The van der Waals surface area contributed by atoms with Gasteiger partial charge in [-0.1, -0.05) is 0 Å². The van der Waals surface area contributed by atoms with Crippen LogP contribution >= 0.6 is 12.4 Å². The summed E-state index contributed by atoms with van der Waals surface area (Å²) in [5.41, 5.74) is 0. The van der Waals surface area contributed by atoms with Gasteiger partial charge in [-0.05, 0) is 56.6 Å². The van der Waals surface area contributed by atoms with Gasteiger partial charge in [0.1, 0.15) is 11.6 Å². The highest BCUT2D eigenvalue weighted by molar-refractivity contribution is 5.85. The average Bonchev–Trinajstić information content (AvgIpc) is 2.60. The van der Waals surface area contributed by atoms with Crippen LogP contribution in [-0.2, 0) is 9.59 Å². The zero-order chi connectivity index (χ0) is 18.2. The van der Waals surface area contributed by atoms with E-state index in [2.05, 4.69) is 0 Å². The van der Waals surface area contributed by atoms with Crippen LogP contribution in [0.4, 0.5) is 4.39 Å². The Hall–Kier alpha value is -1.86. The van der Waals surface area contributed by atoms with Gasteiger partial charge in [-0.25, -0.2) is 4.39 Å². The molecule has 1 fully saturated rings. The molecule has 1 aliphatic rings. The third kappa shape index (κ3) is 7.17. The van der Waals surface area contributed by atoms with E-state index in [1.165, 1.54) is 12.1 Å². The van der Waals surface area contributed by atoms with Gasteiger partial charge >= 0.3 is 5.97 Å². The molecule has 1 saturated heterocycles. The number of nitrogens with zero attached hydrogens (tertiary/aromatic N) is 2. The predicted molar refractivity (Wildman–Crippen MR) is 98.2 cm³/mol. The van der Waals surface area contributed by atoms with Crippen LogP contribution < -0.4 is 4.74 Å². The Morgan fingerprint density at radius 2 is 1.88 bits per heavy atom. The van der Waals surface area contributed by atoms with Gasteiger partial charge in [-0.3, -0.25) is 14.5 Å². The normalized spacial score (nSPS) is 15.2. The molecule has 8 heteroatoms. The van der Waals surface area contributed by atoms with E-state index in [1.807, 2.05) is 4.90 Å². The van der Waals surface area contributed by atoms with Crippen molar-refractivity contribution in [3.8, 4) is 5.75 Å². The van der Waals surface area contributed by atoms with E-state index in [1.54, 1.807) is 24.1 Å². The summed E-state index contributed by atoms with van der Waals surface area (Å²) < 4.78 is 18.3. The second-order valence-electron chi connectivity index (χ2n) is 6.36. The van der Waals surface area contributed by atoms with Gasteiger partial charge in [0.25, 0.3) is 0 Å². The molecule has 2 rings (SSSR count). The molecular formula is C18H26ClFN2O4. The van der Waals surface area contributed by atoms with Crippen molar-refractivity contribution in [3.05, 3.63) is 30.1 Å². The van der Waals surface area contributed by atoms with Gasteiger partial charge in [0.2, 0.25) is 5.91 Å². The van der Waals surface area contributed by atoms with Gasteiger partial charge < -0.3 is 14.7 Å². The van der Waals surface area contributed by atoms with Gasteiger partial charge in [-0.15, -0.1) is 12.4 Å². The predicted octanol–water partition coefficient (Wildman–Crippen LogP) is 2.27. The zero-order valence-electron chi connectivity index (χ0n) is 14.9. The molecule has 1 aliphatic heterocycles. The van der Waals surface area contributed by atoms with Crippen molar-refractivity contribution in [2.75, 3.05) is 39.8 Å².